The van der Waals surface area contributed by atoms with E-state index in [0.29, 0.717) is 24.9 Å². The van der Waals surface area contributed by atoms with Gasteiger partial charge in [-0.25, -0.2) is 12.8 Å². The highest BCUT2D eigenvalue weighted by atomic mass is 32.2. The zero-order valence-corrected chi connectivity index (χ0v) is 16.9. The number of hydrogen-bond donors (Lipinski definition) is 0. The number of amides is 1. The SMILES string of the molecule is CC(C)CCN(C(=O)C1CCCN(S(=O)(=O)c2ccc(F)cc2)C1)C1CC1. The molecule has 1 amide bonds. The van der Waals surface area contributed by atoms with E-state index in [9.17, 15) is 17.6 Å². The highest BCUT2D eigenvalue weighted by Gasteiger charge is 2.39. The molecule has 0 radical (unpaired) electrons. The Morgan fingerprint density at radius 3 is 2.48 bits per heavy atom. The predicted molar refractivity (Wildman–Crippen MR) is 102 cm³/mol. The number of rotatable bonds is 7. The van der Waals surface area contributed by atoms with Gasteiger partial charge in [0.25, 0.3) is 0 Å². The number of carbonyl (C=O) groups is 1. The molecule has 5 nitrogen and oxygen atoms in total. The van der Waals surface area contributed by atoms with Gasteiger partial charge in [-0.2, -0.15) is 4.31 Å². The molecule has 1 heterocycles. The number of piperidine rings is 1. The molecule has 1 saturated carbocycles. The van der Waals surface area contributed by atoms with Crippen molar-refractivity contribution in [1.82, 2.24) is 9.21 Å². The second-order valence-corrected chi connectivity index (χ2v) is 10.0. The van der Waals surface area contributed by atoms with Crippen molar-refractivity contribution in [2.24, 2.45) is 11.8 Å². The van der Waals surface area contributed by atoms with Crippen LogP contribution in [0.25, 0.3) is 0 Å². The molecule has 3 rings (SSSR count). The number of carbonyl (C=O) groups excluding carboxylic acids is 1. The fraction of sp³-hybridized carbons (Fsp3) is 0.650. The molecule has 1 atom stereocenters. The normalized spacial score (nSPS) is 21.4. The van der Waals surface area contributed by atoms with E-state index in [1.165, 1.54) is 16.4 Å². The number of halogens is 1. The van der Waals surface area contributed by atoms with Crippen LogP contribution in [0.15, 0.2) is 29.2 Å². The Labute approximate surface area is 161 Å². The van der Waals surface area contributed by atoms with Crippen molar-refractivity contribution in [3.63, 3.8) is 0 Å². The van der Waals surface area contributed by atoms with Crippen LogP contribution in [0.3, 0.4) is 0 Å². The topological polar surface area (TPSA) is 57.7 Å². The summed E-state index contributed by atoms with van der Waals surface area (Å²) < 4.78 is 40.3. The van der Waals surface area contributed by atoms with Gasteiger partial charge in [0.05, 0.1) is 10.8 Å². The lowest BCUT2D eigenvalue weighted by molar-refractivity contribution is -0.137. The Kier molecular flexibility index (Phi) is 6.21. The van der Waals surface area contributed by atoms with Crippen LogP contribution < -0.4 is 0 Å². The van der Waals surface area contributed by atoms with Crippen LogP contribution in [0.4, 0.5) is 4.39 Å². The van der Waals surface area contributed by atoms with Gasteiger partial charge >= 0.3 is 0 Å². The molecule has 1 aliphatic carbocycles. The molecular formula is C20H29FN2O3S. The number of hydrogen-bond acceptors (Lipinski definition) is 3. The maximum absolute atomic E-state index is 13.1. The van der Waals surface area contributed by atoms with E-state index in [2.05, 4.69) is 13.8 Å². The van der Waals surface area contributed by atoms with Crippen molar-refractivity contribution in [1.29, 1.82) is 0 Å². The third-order valence-corrected chi connectivity index (χ3v) is 7.28. The van der Waals surface area contributed by atoms with Crippen molar-refractivity contribution in [2.45, 2.75) is 56.9 Å². The summed E-state index contributed by atoms with van der Waals surface area (Å²) in [6.45, 7) is 5.66. The summed E-state index contributed by atoms with van der Waals surface area (Å²) in [6.07, 6.45) is 4.45. The molecule has 1 aliphatic heterocycles. The number of nitrogens with zero attached hydrogens (tertiary/aromatic N) is 2. The molecule has 1 saturated heterocycles. The van der Waals surface area contributed by atoms with E-state index in [1.54, 1.807) is 0 Å². The molecule has 0 aromatic heterocycles. The quantitative estimate of drug-likeness (QED) is 0.711. The fourth-order valence-electron chi connectivity index (χ4n) is 3.61. The molecule has 1 aromatic rings. The van der Waals surface area contributed by atoms with Gasteiger partial charge in [-0.3, -0.25) is 4.79 Å². The molecule has 150 valence electrons. The molecule has 27 heavy (non-hydrogen) atoms. The highest BCUT2D eigenvalue weighted by Crippen LogP contribution is 2.31. The van der Waals surface area contributed by atoms with Crippen molar-refractivity contribution < 1.29 is 17.6 Å². The van der Waals surface area contributed by atoms with Gasteiger partial charge in [-0.05, 0) is 62.3 Å². The van der Waals surface area contributed by atoms with Crippen LogP contribution >= 0.6 is 0 Å². The van der Waals surface area contributed by atoms with Crippen LogP contribution in [-0.2, 0) is 14.8 Å². The molecule has 2 aliphatic rings. The molecular weight excluding hydrogens is 367 g/mol. The number of sulfonamides is 1. The fourth-order valence-corrected chi connectivity index (χ4v) is 5.13. The van der Waals surface area contributed by atoms with Crippen LogP contribution in [0, 0.1) is 17.7 Å². The Balaban J connectivity index is 1.71. The van der Waals surface area contributed by atoms with Crippen molar-refractivity contribution in [3.05, 3.63) is 30.1 Å². The zero-order valence-electron chi connectivity index (χ0n) is 16.1. The third kappa shape index (κ3) is 4.88. The minimum Gasteiger partial charge on any atom is -0.339 e. The van der Waals surface area contributed by atoms with Gasteiger partial charge < -0.3 is 4.90 Å². The third-order valence-electron chi connectivity index (χ3n) is 5.40. The minimum atomic E-state index is -3.71. The van der Waals surface area contributed by atoms with Crippen molar-refractivity contribution in [3.8, 4) is 0 Å². The highest BCUT2D eigenvalue weighted by molar-refractivity contribution is 7.89. The van der Waals surface area contributed by atoms with Crippen molar-refractivity contribution >= 4 is 15.9 Å². The largest absolute Gasteiger partial charge is 0.339 e. The van der Waals surface area contributed by atoms with Gasteiger partial charge in [-0.1, -0.05) is 13.8 Å². The summed E-state index contributed by atoms with van der Waals surface area (Å²) in [5.74, 6) is -0.134. The van der Waals surface area contributed by atoms with E-state index < -0.39 is 15.8 Å². The Morgan fingerprint density at radius 2 is 1.89 bits per heavy atom. The summed E-state index contributed by atoms with van der Waals surface area (Å²) in [6, 6.07) is 5.21. The van der Waals surface area contributed by atoms with E-state index in [-0.39, 0.29) is 23.3 Å². The lowest BCUT2D eigenvalue weighted by Gasteiger charge is -2.34. The van der Waals surface area contributed by atoms with Crippen LogP contribution in [0.2, 0.25) is 0 Å². The Hall–Kier alpha value is -1.47. The van der Waals surface area contributed by atoms with E-state index in [4.69, 9.17) is 0 Å². The summed E-state index contributed by atoms with van der Waals surface area (Å²) in [7, 11) is -3.71. The zero-order chi connectivity index (χ0) is 19.6. The maximum atomic E-state index is 13.1. The smallest absolute Gasteiger partial charge is 0.243 e. The standard InChI is InChI=1S/C20H29FN2O3S/c1-15(2)11-13-23(18-7-8-18)20(24)16-4-3-12-22(14-16)27(25,26)19-9-5-17(21)6-10-19/h5-6,9-10,15-16,18H,3-4,7-8,11-14H2,1-2H3. The van der Waals surface area contributed by atoms with E-state index >= 15 is 0 Å². The lowest BCUT2D eigenvalue weighted by atomic mass is 9.97. The second-order valence-electron chi connectivity index (χ2n) is 8.10. The predicted octanol–water partition coefficient (Wildman–Crippen LogP) is 3.26. The maximum Gasteiger partial charge on any atom is 0.243 e. The number of benzene rings is 1. The monoisotopic (exact) mass is 396 g/mol. The first kappa shape index (κ1) is 20.3. The average Bonchev–Trinajstić information content (AvgIpc) is 3.47. The molecule has 0 spiro atoms. The summed E-state index contributed by atoms with van der Waals surface area (Å²) in [5, 5.41) is 0. The van der Waals surface area contributed by atoms with Gasteiger partial charge in [0.2, 0.25) is 15.9 Å². The minimum absolute atomic E-state index is 0.0795. The molecule has 0 N–H and O–H groups in total. The van der Waals surface area contributed by atoms with Gasteiger partial charge in [0, 0.05) is 25.7 Å². The first-order valence-electron chi connectivity index (χ1n) is 9.85. The van der Waals surface area contributed by atoms with Gasteiger partial charge in [-0.15, -0.1) is 0 Å². The van der Waals surface area contributed by atoms with Gasteiger partial charge in [0.1, 0.15) is 5.82 Å². The molecule has 2 fully saturated rings. The second kappa shape index (κ2) is 8.27. The Bertz CT molecular complexity index is 760. The molecule has 7 heteroatoms. The summed E-state index contributed by atoms with van der Waals surface area (Å²) in [5.41, 5.74) is 0. The summed E-state index contributed by atoms with van der Waals surface area (Å²) in [4.78, 5) is 15.2. The lowest BCUT2D eigenvalue weighted by Crippen LogP contribution is -2.47. The van der Waals surface area contributed by atoms with E-state index in [0.717, 1.165) is 44.4 Å². The first-order valence-corrected chi connectivity index (χ1v) is 11.3. The molecule has 1 unspecified atom stereocenters. The average molecular weight is 397 g/mol. The van der Waals surface area contributed by atoms with Crippen LogP contribution in [0.1, 0.15) is 46.0 Å². The van der Waals surface area contributed by atoms with Crippen LogP contribution in [-0.4, -0.2) is 49.2 Å². The summed E-state index contributed by atoms with van der Waals surface area (Å²) >= 11 is 0. The Morgan fingerprint density at radius 1 is 1.22 bits per heavy atom. The molecule has 1 aromatic carbocycles. The molecule has 0 bridgehead atoms. The van der Waals surface area contributed by atoms with Crippen LogP contribution in [0.5, 0.6) is 0 Å². The van der Waals surface area contributed by atoms with E-state index in [1.807, 2.05) is 4.90 Å². The first-order chi connectivity index (χ1) is 12.8. The van der Waals surface area contributed by atoms with Crippen molar-refractivity contribution in [2.75, 3.05) is 19.6 Å². The van der Waals surface area contributed by atoms with Gasteiger partial charge in [0.15, 0.2) is 0 Å².